The van der Waals surface area contributed by atoms with Crippen LogP contribution in [0, 0.1) is 17.2 Å². The fourth-order valence-corrected chi connectivity index (χ4v) is 3.99. The largest absolute Gasteiger partial charge is 0.365 e. The summed E-state index contributed by atoms with van der Waals surface area (Å²) >= 11 is 0. The number of pyridine rings is 1. The Kier molecular flexibility index (Phi) is 4.27. The SMILES string of the molecule is N#Cc1ccc2nc(N[C@@H]3CCN(C(=O)C4CCCC4)C3)ccc2c1. The van der Waals surface area contributed by atoms with Gasteiger partial charge in [0.15, 0.2) is 0 Å². The standard InChI is InChI=1S/C20H22N4O/c21-12-14-5-7-18-16(11-14)6-8-19(23-18)22-17-9-10-24(13-17)20(25)15-3-1-2-4-15/h5-8,11,15,17H,1-4,9-10,13H2,(H,22,23)/t17-/m1/s1. The zero-order valence-electron chi connectivity index (χ0n) is 14.2. The molecule has 128 valence electrons. The number of carbonyl (C=O) groups excluding carboxylic acids is 1. The second kappa shape index (κ2) is 6.72. The van der Waals surface area contributed by atoms with E-state index < -0.39 is 0 Å². The molecule has 5 heteroatoms. The van der Waals surface area contributed by atoms with Gasteiger partial charge in [0.2, 0.25) is 5.91 Å². The summed E-state index contributed by atoms with van der Waals surface area (Å²) in [4.78, 5) is 19.2. The predicted molar refractivity (Wildman–Crippen MR) is 97.0 cm³/mol. The number of anilines is 1. The molecule has 2 aliphatic rings. The Labute approximate surface area is 147 Å². The molecule has 1 aromatic heterocycles. The highest BCUT2D eigenvalue weighted by atomic mass is 16.2. The molecule has 1 N–H and O–H groups in total. The summed E-state index contributed by atoms with van der Waals surface area (Å²) in [5, 5.41) is 13.4. The Balaban J connectivity index is 1.41. The number of likely N-dealkylation sites (tertiary alicyclic amines) is 1. The topological polar surface area (TPSA) is 69.0 Å². The Morgan fingerprint density at radius 3 is 2.84 bits per heavy atom. The fourth-order valence-electron chi connectivity index (χ4n) is 3.99. The fraction of sp³-hybridized carbons (Fsp3) is 0.450. The molecule has 1 amide bonds. The van der Waals surface area contributed by atoms with Gasteiger partial charge >= 0.3 is 0 Å². The maximum Gasteiger partial charge on any atom is 0.225 e. The van der Waals surface area contributed by atoms with Crippen molar-refractivity contribution in [2.75, 3.05) is 18.4 Å². The minimum absolute atomic E-state index is 0.256. The van der Waals surface area contributed by atoms with E-state index in [2.05, 4.69) is 16.4 Å². The highest BCUT2D eigenvalue weighted by molar-refractivity contribution is 5.82. The molecule has 1 saturated heterocycles. The minimum atomic E-state index is 0.256. The van der Waals surface area contributed by atoms with Gasteiger partial charge in [0.05, 0.1) is 17.1 Å². The number of aromatic nitrogens is 1. The zero-order chi connectivity index (χ0) is 17.2. The third-order valence-corrected chi connectivity index (χ3v) is 5.37. The van der Waals surface area contributed by atoms with Gasteiger partial charge < -0.3 is 10.2 Å². The maximum absolute atomic E-state index is 12.5. The number of nitrogens with zero attached hydrogens (tertiary/aromatic N) is 3. The van der Waals surface area contributed by atoms with Gasteiger partial charge in [-0.3, -0.25) is 4.79 Å². The number of rotatable bonds is 3. The highest BCUT2D eigenvalue weighted by Gasteiger charge is 2.32. The molecular weight excluding hydrogens is 312 g/mol. The minimum Gasteiger partial charge on any atom is -0.365 e. The number of hydrogen-bond acceptors (Lipinski definition) is 4. The lowest BCUT2D eigenvalue weighted by atomic mass is 10.1. The van der Waals surface area contributed by atoms with Gasteiger partial charge in [0, 0.05) is 30.4 Å². The van der Waals surface area contributed by atoms with Gasteiger partial charge in [-0.1, -0.05) is 12.8 Å². The molecule has 1 saturated carbocycles. The van der Waals surface area contributed by atoms with Crippen LogP contribution in [0.4, 0.5) is 5.82 Å². The summed E-state index contributed by atoms with van der Waals surface area (Å²) in [7, 11) is 0. The number of nitriles is 1. The van der Waals surface area contributed by atoms with E-state index in [1.165, 1.54) is 12.8 Å². The molecule has 4 rings (SSSR count). The van der Waals surface area contributed by atoms with Crippen LogP contribution in [0.2, 0.25) is 0 Å². The first kappa shape index (κ1) is 15.9. The van der Waals surface area contributed by atoms with Crippen molar-refractivity contribution in [3.8, 4) is 6.07 Å². The number of nitrogens with one attached hydrogen (secondary N) is 1. The molecule has 2 aromatic rings. The molecule has 2 fully saturated rings. The molecule has 0 radical (unpaired) electrons. The number of fused-ring (bicyclic) bond motifs is 1. The summed E-state index contributed by atoms with van der Waals surface area (Å²) in [6.45, 7) is 1.61. The molecule has 0 spiro atoms. The molecule has 1 aliphatic heterocycles. The normalized spacial score (nSPS) is 20.8. The van der Waals surface area contributed by atoms with E-state index in [0.29, 0.717) is 11.5 Å². The summed E-state index contributed by atoms with van der Waals surface area (Å²) < 4.78 is 0. The second-order valence-corrected chi connectivity index (χ2v) is 7.11. The van der Waals surface area contributed by atoms with Crippen molar-refractivity contribution in [2.45, 2.75) is 38.1 Å². The molecule has 2 heterocycles. The van der Waals surface area contributed by atoms with Crippen LogP contribution in [0.1, 0.15) is 37.7 Å². The van der Waals surface area contributed by atoms with E-state index in [9.17, 15) is 4.79 Å². The quantitative estimate of drug-likeness (QED) is 0.935. The molecular formula is C20H22N4O. The first-order valence-electron chi connectivity index (χ1n) is 9.09. The van der Waals surface area contributed by atoms with Gasteiger partial charge in [-0.05, 0) is 49.6 Å². The van der Waals surface area contributed by atoms with Crippen LogP contribution in [-0.4, -0.2) is 34.9 Å². The van der Waals surface area contributed by atoms with Crippen LogP contribution in [0.15, 0.2) is 30.3 Å². The van der Waals surface area contributed by atoms with Gasteiger partial charge in [-0.15, -0.1) is 0 Å². The van der Waals surface area contributed by atoms with E-state index >= 15 is 0 Å². The van der Waals surface area contributed by atoms with E-state index in [-0.39, 0.29) is 12.0 Å². The molecule has 1 atom stereocenters. The Morgan fingerprint density at radius 1 is 1.20 bits per heavy atom. The van der Waals surface area contributed by atoms with Crippen molar-refractivity contribution >= 4 is 22.6 Å². The molecule has 1 aromatic carbocycles. The predicted octanol–water partition coefficient (Wildman–Crippen LogP) is 3.31. The van der Waals surface area contributed by atoms with Crippen LogP contribution in [-0.2, 0) is 4.79 Å². The number of amides is 1. The van der Waals surface area contributed by atoms with E-state index in [1.54, 1.807) is 6.07 Å². The van der Waals surface area contributed by atoms with E-state index in [4.69, 9.17) is 5.26 Å². The number of hydrogen-bond donors (Lipinski definition) is 1. The Bertz CT molecular complexity index is 835. The van der Waals surface area contributed by atoms with Crippen LogP contribution < -0.4 is 5.32 Å². The van der Waals surface area contributed by atoms with Crippen molar-refractivity contribution in [1.29, 1.82) is 5.26 Å². The lowest BCUT2D eigenvalue weighted by molar-refractivity contribution is -0.134. The summed E-state index contributed by atoms with van der Waals surface area (Å²) in [5.74, 6) is 1.43. The van der Waals surface area contributed by atoms with E-state index in [1.807, 2.05) is 29.2 Å². The van der Waals surface area contributed by atoms with Gasteiger partial charge in [-0.2, -0.15) is 5.26 Å². The average Bonchev–Trinajstić information content (AvgIpc) is 3.33. The molecule has 1 aliphatic carbocycles. The zero-order valence-corrected chi connectivity index (χ0v) is 14.2. The van der Waals surface area contributed by atoms with Crippen molar-refractivity contribution < 1.29 is 4.79 Å². The van der Waals surface area contributed by atoms with E-state index in [0.717, 1.165) is 49.1 Å². The summed E-state index contributed by atoms with van der Waals surface area (Å²) in [6, 6.07) is 11.9. The molecule has 0 unspecified atom stereocenters. The first-order valence-corrected chi connectivity index (χ1v) is 9.09. The first-order chi connectivity index (χ1) is 12.2. The Hall–Kier alpha value is -2.61. The van der Waals surface area contributed by atoms with Crippen LogP contribution in [0.25, 0.3) is 10.9 Å². The lowest BCUT2D eigenvalue weighted by Gasteiger charge is -2.21. The number of carbonyl (C=O) groups is 1. The second-order valence-electron chi connectivity index (χ2n) is 7.11. The van der Waals surface area contributed by atoms with Crippen LogP contribution in [0.5, 0.6) is 0 Å². The molecule has 25 heavy (non-hydrogen) atoms. The lowest BCUT2D eigenvalue weighted by Crippen LogP contribution is -2.35. The average molecular weight is 334 g/mol. The van der Waals surface area contributed by atoms with Crippen molar-refractivity contribution in [3.05, 3.63) is 35.9 Å². The Morgan fingerprint density at radius 2 is 2.04 bits per heavy atom. The van der Waals surface area contributed by atoms with Crippen LogP contribution in [0.3, 0.4) is 0 Å². The van der Waals surface area contributed by atoms with Crippen LogP contribution >= 0.6 is 0 Å². The van der Waals surface area contributed by atoms with Gasteiger partial charge in [0.1, 0.15) is 5.82 Å². The molecule has 0 bridgehead atoms. The van der Waals surface area contributed by atoms with Crippen molar-refractivity contribution in [1.82, 2.24) is 9.88 Å². The molecule has 5 nitrogen and oxygen atoms in total. The maximum atomic E-state index is 12.5. The van der Waals surface area contributed by atoms with Crippen molar-refractivity contribution in [2.24, 2.45) is 5.92 Å². The van der Waals surface area contributed by atoms with Crippen molar-refractivity contribution in [3.63, 3.8) is 0 Å². The summed E-state index contributed by atoms with van der Waals surface area (Å²) in [5.41, 5.74) is 1.52. The summed E-state index contributed by atoms with van der Waals surface area (Å²) in [6.07, 6.45) is 5.47. The monoisotopic (exact) mass is 334 g/mol. The smallest absolute Gasteiger partial charge is 0.225 e. The third-order valence-electron chi connectivity index (χ3n) is 5.37. The number of benzene rings is 1. The third kappa shape index (κ3) is 3.30. The highest BCUT2D eigenvalue weighted by Crippen LogP contribution is 2.28. The van der Waals surface area contributed by atoms with Gasteiger partial charge in [0.25, 0.3) is 0 Å². The van der Waals surface area contributed by atoms with Gasteiger partial charge in [-0.25, -0.2) is 4.98 Å².